The Morgan fingerprint density at radius 2 is 1.42 bits per heavy atom. The number of imidazole rings is 1. The number of rotatable bonds is 7. The van der Waals surface area contributed by atoms with Crippen LogP contribution in [-0.2, 0) is 0 Å². The fourth-order valence-corrected chi connectivity index (χ4v) is 7.29. The largest absolute Gasteiger partial charge is 0.507 e. The molecule has 0 saturated heterocycles. The number of benzene rings is 4. The van der Waals surface area contributed by atoms with Gasteiger partial charge in [-0.1, -0.05) is 107 Å². The topological polar surface area (TPSA) is 54.2 Å². The second-order valence-electron chi connectivity index (χ2n) is 13.7. The molecule has 0 bridgehead atoms. The van der Waals surface area contributed by atoms with Gasteiger partial charge in [0.1, 0.15) is 11.6 Å². The van der Waals surface area contributed by atoms with Crippen molar-refractivity contribution in [3.63, 3.8) is 0 Å². The van der Waals surface area contributed by atoms with Crippen LogP contribution in [0.5, 0.6) is 5.75 Å². The second kappa shape index (κ2) is 12.9. The van der Waals surface area contributed by atoms with Crippen molar-refractivity contribution < 1.29 is 5.11 Å². The van der Waals surface area contributed by atoms with Crippen LogP contribution in [0.3, 0.4) is 0 Å². The van der Waals surface area contributed by atoms with Crippen LogP contribution < -0.4 is 11.1 Å². The fraction of sp³-hybridized carbons (Fsp3) is 0.136. The minimum atomic E-state index is -0.214. The van der Waals surface area contributed by atoms with Gasteiger partial charge in [-0.05, 0) is 106 Å². The lowest BCUT2D eigenvalue weighted by Crippen LogP contribution is -2.57. The van der Waals surface area contributed by atoms with Gasteiger partial charge < -0.3 is 9.92 Å². The zero-order valence-corrected chi connectivity index (χ0v) is 28.8. The van der Waals surface area contributed by atoms with Crippen LogP contribution in [0.4, 0.5) is 0 Å². The fourth-order valence-electron chi connectivity index (χ4n) is 7.29. The summed E-state index contributed by atoms with van der Waals surface area (Å²) in [4.78, 5) is 12.5. The molecule has 244 valence electrons. The molecule has 5 nitrogen and oxygen atoms in total. The molecule has 4 heterocycles. The average Bonchev–Trinajstić information content (AvgIpc) is 3.52. The van der Waals surface area contributed by atoms with Crippen molar-refractivity contribution in [2.75, 3.05) is 0 Å². The molecule has 1 N–H and O–H groups in total. The predicted octanol–water partition coefficient (Wildman–Crippen LogP) is 9.07. The number of hydrogen-bond donors (Lipinski definition) is 1. The van der Waals surface area contributed by atoms with Crippen molar-refractivity contribution in [1.29, 1.82) is 0 Å². The number of nitrogens with zero attached hydrogens (tertiary/aromatic N) is 4. The van der Waals surface area contributed by atoms with E-state index >= 15 is 0 Å². The van der Waals surface area contributed by atoms with Crippen molar-refractivity contribution in [2.24, 2.45) is 0 Å². The Hall–Kier alpha value is -5.88. The van der Waals surface area contributed by atoms with Crippen LogP contribution in [0.25, 0.3) is 45.5 Å². The van der Waals surface area contributed by atoms with E-state index in [-0.39, 0.29) is 24.4 Å². The molecule has 0 amide bonds. The summed E-state index contributed by atoms with van der Waals surface area (Å²) in [5, 5.41) is 11.4. The van der Waals surface area contributed by atoms with Crippen molar-refractivity contribution >= 4 is 24.0 Å². The molecule has 0 aliphatic carbocycles. The maximum atomic E-state index is 11.4. The maximum absolute atomic E-state index is 11.4. The Kier molecular flexibility index (Phi) is 8.08. The molecule has 8 rings (SSSR count). The maximum Gasteiger partial charge on any atom is 0.350 e. The first-order valence-corrected chi connectivity index (χ1v) is 17.4. The zero-order valence-electron chi connectivity index (χ0n) is 28.8. The Morgan fingerprint density at radius 1 is 0.700 bits per heavy atom. The summed E-state index contributed by atoms with van der Waals surface area (Å²) < 4.78 is 2.33. The highest BCUT2D eigenvalue weighted by molar-refractivity contribution is 6.84. The monoisotopic (exact) mass is 650 g/mol. The van der Waals surface area contributed by atoms with Crippen LogP contribution in [0, 0.1) is 0 Å². The van der Waals surface area contributed by atoms with Crippen molar-refractivity contribution in [3.8, 4) is 45.2 Å². The van der Waals surface area contributed by atoms with Gasteiger partial charge in [-0.25, -0.2) is 4.98 Å². The van der Waals surface area contributed by atoms with Gasteiger partial charge in [-0.15, -0.1) is 0 Å². The number of pyridine rings is 1. The van der Waals surface area contributed by atoms with Gasteiger partial charge in [0.15, 0.2) is 0 Å². The standard InChI is InChI=1S/C44H39BN4O/c1-29(2)37-26-33(31-15-6-5-7-16-31)27-38(30(3)4)42(37)49-40-28-35-19-11-13-24-48(35)45(43(40)47-44(49)36-20-8-9-22-41(36)50)34-18-14-17-32(25-34)39-21-10-12-23-46-39/h5-30,50H,1-4H3. The normalized spacial score (nSPS) is 13.5. The van der Waals surface area contributed by atoms with E-state index in [9.17, 15) is 5.11 Å². The molecule has 50 heavy (non-hydrogen) atoms. The predicted molar refractivity (Wildman–Crippen MR) is 207 cm³/mol. The van der Waals surface area contributed by atoms with E-state index in [1.54, 1.807) is 6.07 Å². The summed E-state index contributed by atoms with van der Waals surface area (Å²) in [6, 6.07) is 37.5. The lowest BCUT2D eigenvalue weighted by molar-refractivity contribution is 0.477. The van der Waals surface area contributed by atoms with E-state index in [1.165, 1.54) is 22.3 Å². The van der Waals surface area contributed by atoms with Gasteiger partial charge in [0, 0.05) is 11.9 Å². The van der Waals surface area contributed by atoms with E-state index in [1.807, 2.05) is 42.6 Å². The molecule has 0 atom stereocenters. The Bertz CT molecular complexity index is 2270. The SMILES string of the molecule is CC(C)c1cc(-c2ccccc2)cc(C(C)C)c1-n1c(-c2ccccc2O)nc2c1C=C1C=CC=CN1B2c1cccc(-c2ccccn2)c1. The molecule has 0 unspecified atom stereocenters. The highest BCUT2D eigenvalue weighted by Crippen LogP contribution is 2.41. The van der Waals surface area contributed by atoms with Crippen LogP contribution in [0.2, 0.25) is 0 Å². The van der Waals surface area contributed by atoms with E-state index in [0.717, 1.165) is 45.2 Å². The van der Waals surface area contributed by atoms with Crippen LogP contribution in [-0.4, -0.2) is 31.3 Å². The highest BCUT2D eigenvalue weighted by Gasteiger charge is 2.39. The number of phenolic OH excluding ortho intramolecular Hbond substituents is 1. The summed E-state index contributed by atoms with van der Waals surface area (Å²) in [5.41, 5.74) is 12.8. The van der Waals surface area contributed by atoms with Crippen LogP contribution in [0.15, 0.2) is 146 Å². The number of para-hydroxylation sites is 1. The van der Waals surface area contributed by atoms with Crippen LogP contribution in [0.1, 0.15) is 56.4 Å². The first kappa shape index (κ1) is 31.4. The van der Waals surface area contributed by atoms with E-state index in [2.05, 4.69) is 139 Å². The molecular weight excluding hydrogens is 611 g/mol. The van der Waals surface area contributed by atoms with E-state index in [4.69, 9.17) is 4.98 Å². The molecule has 4 aromatic carbocycles. The highest BCUT2D eigenvalue weighted by atomic mass is 16.3. The minimum absolute atomic E-state index is 0.202. The molecule has 2 aliphatic heterocycles. The number of allylic oxidation sites excluding steroid dienone is 3. The summed E-state index contributed by atoms with van der Waals surface area (Å²) in [7, 11) is 0. The third kappa shape index (κ3) is 5.47. The van der Waals surface area contributed by atoms with E-state index in [0.29, 0.717) is 5.56 Å². The summed E-state index contributed by atoms with van der Waals surface area (Å²) in [6.45, 7) is 8.85. The van der Waals surface area contributed by atoms with E-state index < -0.39 is 0 Å². The molecule has 0 spiro atoms. The number of fused-ring (bicyclic) bond motifs is 2. The van der Waals surface area contributed by atoms with Crippen molar-refractivity contribution in [2.45, 2.75) is 39.5 Å². The van der Waals surface area contributed by atoms with Gasteiger partial charge in [-0.3, -0.25) is 9.55 Å². The lowest BCUT2D eigenvalue weighted by Gasteiger charge is -2.34. The van der Waals surface area contributed by atoms with Crippen molar-refractivity contribution in [3.05, 3.63) is 162 Å². The Balaban J connectivity index is 1.45. The Labute approximate surface area is 294 Å². The zero-order chi connectivity index (χ0) is 34.4. The molecule has 6 heteroatoms. The molecular formula is C44H39BN4O. The molecule has 2 aliphatic rings. The van der Waals surface area contributed by atoms with Crippen LogP contribution >= 0.6 is 0 Å². The second-order valence-corrected chi connectivity index (χ2v) is 13.7. The quantitative estimate of drug-likeness (QED) is 0.175. The molecule has 0 saturated carbocycles. The first-order valence-electron chi connectivity index (χ1n) is 17.4. The van der Waals surface area contributed by atoms with Crippen molar-refractivity contribution in [1.82, 2.24) is 19.3 Å². The number of phenols is 1. The number of hydrogen-bond acceptors (Lipinski definition) is 4. The minimum Gasteiger partial charge on any atom is -0.507 e. The summed E-state index contributed by atoms with van der Waals surface area (Å²) in [5.74, 6) is 1.36. The summed E-state index contributed by atoms with van der Waals surface area (Å²) in [6.07, 6.45) is 12.6. The van der Waals surface area contributed by atoms with Gasteiger partial charge in [0.2, 0.25) is 0 Å². The number of aromatic nitrogens is 3. The first-order chi connectivity index (χ1) is 24.4. The molecule has 0 radical (unpaired) electrons. The third-order valence-corrected chi connectivity index (χ3v) is 9.74. The van der Waals surface area contributed by atoms with Gasteiger partial charge in [0.25, 0.3) is 0 Å². The molecule has 2 aromatic heterocycles. The third-order valence-electron chi connectivity index (χ3n) is 9.74. The number of aromatic hydroxyl groups is 1. The lowest BCUT2D eigenvalue weighted by atomic mass is 9.49. The van der Waals surface area contributed by atoms with Gasteiger partial charge in [-0.2, -0.15) is 0 Å². The van der Waals surface area contributed by atoms with Gasteiger partial charge >= 0.3 is 6.85 Å². The summed E-state index contributed by atoms with van der Waals surface area (Å²) >= 11 is 0. The Morgan fingerprint density at radius 3 is 2.14 bits per heavy atom. The smallest absolute Gasteiger partial charge is 0.350 e. The average molecular weight is 651 g/mol. The molecule has 6 aromatic rings. The molecule has 0 fully saturated rings. The van der Waals surface area contributed by atoms with Gasteiger partial charge in [0.05, 0.1) is 28.2 Å².